The van der Waals surface area contributed by atoms with Crippen molar-refractivity contribution < 1.29 is 8.78 Å². The Morgan fingerprint density at radius 3 is 2.69 bits per heavy atom. The fourth-order valence-electron chi connectivity index (χ4n) is 1.36. The van der Waals surface area contributed by atoms with Crippen LogP contribution in [0.5, 0.6) is 0 Å². The summed E-state index contributed by atoms with van der Waals surface area (Å²) in [5.41, 5.74) is 0.439. The largest absolute Gasteiger partial charge is 0.298 e. The molecular formula is C12H14F2N2. The van der Waals surface area contributed by atoms with E-state index in [-0.39, 0.29) is 6.04 Å². The molecule has 1 aromatic rings. The number of nitriles is 1. The first-order valence-corrected chi connectivity index (χ1v) is 5.05. The fraction of sp³-hybridized carbons (Fsp3) is 0.417. The Labute approximate surface area is 94.1 Å². The molecule has 0 heterocycles. The molecular weight excluding hydrogens is 210 g/mol. The van der Waals surface area contributed by atoms with E-state index in [9.17, 15) is 8.78 Å². The van der Waals surface area contributed by atoms with Crippen LogP contribution in [0.3, 0.4) is 0 Å². The lowest BCUT2D eigenvalue weighted by atomic mass is 10.1. The molecule has 0 spiro atoms. The normalized spacial score (nSPS) is 12.5. The van der Waals surface area contributed by atoms with E-state index in [1.807, 2.05) is 18.9 Å². The summed E-state index contributed by atoms with van der Waals surface area (Å²) >= 11 is 0. The van der Waals surface area contributed by atoms with Gasteiger partial charge in [-0.3, -0.25) is 4.90 Å². The Morgan fingerprint density at radius 1 is 1.44 bits per heavy atom. The zero-order valence-electron chi connectivity index (χ0n) is 9.37. The number of rotatable bonds is 4. The lowest BCUT2D eigenvalue weighted by molar-refractivity contribution is 0.249. The Hall–Kier alpha value is -1.47. The number of nitrogens with zero attached hydrogens (tertiary/aromatic N) is 2. The molecule has 0 saturated heterocycles. The lowest BCUT2D eigenvalue weighted by Gasteiger charge is -2.22. The second-order valence-corrected chi connectivity index (χ2v) is 3.86. The van der Waals surface area contributed by atoms with Gasteiger partial charge < -0.3 is 0 Å². The van der Waals surface area contributed by atoms with Crippen LogP contribution in [0.25, 0.3) is 0 Å². The molecule has 0 aliphatic heterocycles. The predicted octanol–water partition coefficient (Wildman–Crippen LogP) is 2.70. The highest BCUT2D eigenvalue weighted by Gasteiger charge is 2.11. The molecule has 0 aliphatic rings. The summed E-state index contributed by atoms with van der Waals surface area (Å²) in [7, 11) is 1.81. The summed E-state index contributed by atoms with van der Waals surface area (Å²) in [4.78, 5) is 1.86. The van der Waals surface area contributed by atoms with E-state index in [0.29, 0.717) is 18.5 Å². The summed E-state index contributed by atoms with van der Waals surface area (Å²) in [6.07, 6.45) is 0.388. The van der Waals surface area contributed by atoms with Gasteiger partial charge in [0.05, 0.1) is 12.5 Å². The van der Waals surface area contributed by atoms with Gasteiger partial charge in [-0.2, -0.15) is 5.26 Å². The van der Waals surface area contributed by atoms with Gasteiger partial charge in [-0.25, -0.2) is 8.78 Å². The average molecular weight is 224 g/mol. The zero-order chi connectivity index (χ0) is 12.1. The van der Waals surface area contributed by atoms with Crippen LogP contribution in [-0.2, 0) is 6.54 Å². The highest BCUT2D eigenvalue weighted by Crippen LogP contribution is 2.13. The Kier molecular flexibility index (Phi) is 4.39. The highest BCUT2D eigenvalue weighted by molar-refractivity contribution is 5.18. The van der Waals surface area contributed by atoms with Crippen LogP contribution in [0.4, 0.5) is 8.78 Å². The number of hydrogen-bond acceptors (Lipinski definition) is 2. The summed E-state index contributed by atoms with van der Waals surface area (Å²) in [6, 6.07) is 5.65. The maximum atomic E-state index is 13.3. The van der Waals surface area contributed by atoms with Crippen molar-refractivity contribution in [3.63, 3.8) is 0 Å². The summed E-state index contributed by atoms with van der Waals surface area (Å²) in [5, 5.41) is 8.54. The number of hydrogen-bond donors (Lipinski definition) is 0. The molecule has 0 aromatic heterocycles. The molecule has 0 fully saturated rings. The molecule has 1 atom stereocenters. The summed E-state index contributed by atoms with van der Waals surface area (Å²) in [5.74, 6) is -1.12. The number of benzene rings is 1. The molecule has 0 amide bonds. The topological polar surface area (TPSA) is 27.0 Å². The standard InChI is InChI=1S/C12H14F2N2/c1-9(5-6-15)16(2)8-10-3-4-11(13)7-12(10)14/h3-4,7,9H,5,8H2,1-2H3/t9-/m1/s1. The minimum atomic E-state index is -0.575. The third-order valence-electron chi connectivity index (χ3n) is 2.57. The van der Waals surface area contributed by atoms with E-state index in [4.69, 9.17) is 5.26 Å². The predicted molar refractivity (Wildman–Crippen MR) is 57.5 cm³/mol. The van der Waals surface area contributed by atoms with Crippen molar-refractivity contribution in [2.24, 2.45) is 0 Å². The van der Waals surface area contributed by atoms with Gasteiger partial charge >= 0.3 is 0 Å². The number of halogens is 2. The summed E-state index contributed by atoms with van der Waals surface area (Å²) in [6.45, 7) is 2.26. The van der Waals surface area contributed by atoms with Gasteiger partial charge in [0.1, 0.15) is 11.6 Å². The van der Waals surface area contributed by atoms with Crippen LogP contribution in [0.2, 0.25) is 0 Å². The lowest BCUT2D eigenvalue weighted by Crippen LogP contribution is -2.28. The van der Waals surface area contributed by atoms with E-state index in [1.54, 1.807) is 0 Å². The average Bonchev–Trinajstić information content (AvgIpc) is 2.22. The van der Waals surface area contributed by atoms with Crippen LogP contribution in [0.15, 0.2) is 18.2 Å². The maximum Gasteiger partial charge on any atom is 0.130 e. The minimum Gasteiger partial charge on any atom is -0.298 e. The molecule has 86 valence electrons. The molecule has 0 N–H and O–H groups in total. The molecule has 0 saturated carbocycles. The first-order valence-electron chi connectivity index (χ1n) is 5.05. The van der Waals surface area contributed by atoms with Crippen LogP contribution in [-0.4, -0.2) is 18.0 Å². The smallest absolute Gasteiger partial charge is 0.130 e. The Balaban J connectivity index is 2.70. The first-order chi connectivity index (χ1) is 7.54. The molecule has 4 heteroatoms. The van der Waals surface area contributed by atoms with E-state index < -0.39 is 11.6 Å². The van der Waals surface area contributed by atoms with Crippen molar-refractivity contribution in [3.8, 4) is 6.07 Å². The molecule has 0 bridgehead atoms. The Morgan fingerprint density at radius 2 is 2.12 bits per heavy atom. The molecule has 1 rings (SSSR count). The van der Waals surface area contributed by atoms with E-state index >= 15 is 0 Å². The summed E-state index contributed by atoms with van der Waals surface area (Å²) < 4.78 is 26.0. The SMILES string of the molecule is C[C@H](CC#N)N(C)Cc1ccc(F)cc1F. The third-order valence-corrected chi connectivity index (χ3v) is 2.57. The van der Waals surface area contributed by atoms with Crippen molar-refractivity contribution in [2.45, 2.75) is 25.9 Å². The second kappa shape index (κ2) is 5.57. The van der Waals surface area contributed by atoms with Gasteiger partial charge in [-0.05, 0) is 20.0 Å². The van der Waals surface area contributed by atoms with Crippen molar-refractivity contribution in [3.05, 3.63) is 35.4 Å². The van der Waals surface area contributed by atoms with Gasteiger partial charge in [-0.15, -0.1) is 0 Å². The second-order valence-electron chi connectivity index (χ2n) is 3.86. The van der Waals surface area contributed by atoms with Gasteiger partial charge in [0.2, 0.25) is 0 Å². The van der Waals surface area contributed by atoms with Gasteiger partial charge in [0.25, 0.3) is 0 Å². The van der Waals surface area contributed by atoms with Crippen LogP contribution in [0, 0.1) is 23.0 Å². The van der Waals surface area contributed by atoms with E-state index in [2.05, 4.69) is 6.07 Å². The third kappa shape index (κ3) is 3.28. The monoisotopic (exact) mass is 224 g/mol. The zero-order valence-corrected chi connectivity index (χ0v) is 9.37. The van der Waals surface area contributed by atoms with Gasteiger partial charge in [-0.1, -0.05) is 6.07 Å². The van der Waals surface area contributed by atoms with Crippen LogP contribution in [0.1, 0.15) is 18.9 Å². The quantitative estimate of drug-likeness (QED) is 0.786. The molecule has 16 heavy (non-hydrogen) atoms. The van der Waals surface area contributed by atoms with Crippen LogP contribution >= 0.6 is 0 Å². The molecule has 0 unspecified atom stereocenters. The van der Waals surface area contributed by atoms with Crippen molar-refractivity contribution in [1.82, 2.24) is 4.90 Å². The van der Waals surface area contributed by atoms with Crippen molar-refractivity contribution >= 4 is 0 Å². The minimum absolute atomic E-state index is 0.0504. The van der Waals surface area contributed by atoms with Crippen molar-refractivity contribution in [2.75, 3.05) is 7.05 Å². The van der Waals surface area contributed by atoms with Gasteiger partial charge in [0, 0.05) is 24.2 Å². The maximum absolute atomic E-state index is 13.3. The molecule has 0 aliphatic carbocycles. The molecule has 0 radical (unpaired) electrons. The van der Waals surface area contributed by atoms with E-state index in [1.165, 1.54) is 12.1 Å². The van der Waals surface area contributed by atoms with E-state index in [0.717, 1.165) is 6.07 Å². The van der Waals surface area contributed by atoms with Crippen LogP contribution < -0.4 is 0 Å². The fourth-order valence-corrected chi connectivity index (χ4v) is 1.36. The highest BCUT2D eigenvalue weighted by atomic mass is 19.1. The molecule has 1 aromatic carbocycles. The first kappa shape index (κ1) is 12.6. The Bertz CT molecular complexity index is 398. The van der Waals surface area contributed by atoms with Crippen molar-refractivity contribution in [1.29, 1.82) is 5.26 Å². The molecule has 2 nitrogen and oxygen atoms in total. The van der Waals surface area contributed by atoms with Gasteiger partial charge in [0.15, 0.2) is 0 Å².